The molecule has 3 nitrogen and oxygen atoms in total. The van der Waals surface area contributed by atoms with Gasteiger partial charge in [-0.1, -0.05) is 6.07 Å². The summed E-state index contributed by atoms with van der Waals surface area (Å²) in [6, 6.07) is 3.50. The second-order valence-corrected chi connectivity index (χ2v) is 4.64. The molecule has 1 N–H and O–H groups in total. The largest absolute Gasteiger partial charge is 0.481 e. The van der Waals surface area contributed by atoms with Crippen molar-refractivity contribution in [3.63, 3.8) is 0 Å². The first-order valence-electron chi connectivity index (χ1n) is 5.79. The highest BCUT2D eigenvalue weighted by molar-refractivity contribution is 5.66. The lowest BCUT2D eigenvalue weighted by atomic mass is 9.74. The minimum atomic E-state index is -0.870. The number of rotatable bonds is 5. The molecule has 1 heterocycles. The molecule has 0 radical (unpaired) electrons. The number of hydrogen-bond acceptors (Lipinski definition) is 2. The van der Waals surface area contributed by atoms with Crippen LogP contribution in [0.25, 0.3) is 0 Å². The van der Waals surface area contributed by atoms with Gasteiger partial charge in [-0.2, -0.15) is 0 Å². The van der Waals surface area contributed by atoms with Crippen molar-refractivity contribution in [2.45, 2.75) is 24.7 Å². The van der Waals surface area contributed by atoms with Gasteiger partial charge in [0.25, 0.3) is 0 Å². The van der Waals surface area contributed by atoms with Crippen LogP contribution in [0.4, 0.5) is 8.78 Å². The van der Waals surface area contributed by atoms with Crippen molar-refractivity contribution < 1.29 is 23.4 Å². The SMILES string of the molecule is O=C(O)CCCC1(c2ccc(F)cc2F)COC1. The summed E-state index contributed by atoms with van der Waals surface area (Å²) in [6.07, 6.45) is 1.03. The molecule has 0 atom stereocenters. The summed E-state index contributed by atoms with van der Waals surface area (Å²) in [4.78, 5) is 10.5. The molecule has 1 aliphatic rings. The van der Waals surface area contributed by atoms with Crippen LogP contribution in [0.3, 0.4) is 0 Å². The normalized spacial score (nSPS) is 17.2. The molecule has 0 unspecified atom stereocenters. The molecule has 0 amide bonds. The minimum Gasteiger partial charge on any atom is -0.481 e. The van der Waals surface area contributed by atoms with Gasteiger partial charge in [-0.15, -0.1) is 0 Å². The van der Waals surface area contributed by atoms with Crippen molar-refractivity contribution in [3.05, 3.63) is 35.4 Å². The number of benzene rings is 1. The van der Waals surface area contributed by atoms with Crippen LogP contribution in [-0.4, -0.2) is 24.3 Å². The summed E-state index contributed by atoms with van der Waals surface area (Å²) >= 11 is 0. The standard InChI is InChI=1S/C13H14F2O3/c14-9-3-4-10(11(15)6-9)13(7-18-8-13)5-1-2-12(16)17/h3-4,6H,1-2,5,7-8H2,(H,16,17). The monoisotopic (exact) mass is 256 g/mol. The first-order valence-corrected chi connectivity index (χ1v) is 5.79. The van der Waals surface area contributed by atoms with Gasteiger partial charge in [-0.05, 0) is 24.5 Å². The van der Waals surface area contributed by atoms with E-state index < -0.39 is 23.0 Å². The van der Waals surface area contributed by atoms with Crippen molar-refractivity contribution >= 4 is 5.97 Å². The maximum Gasteiger partial charge on any atom is 0.303 e. The topological polar surface area (TPSA) is 46.5 Å². The molecule has 1 aliphatic heterocycles. The zero-order valence-electron chi connectivity index (χ0n) is 9.79. The van der Waals surface area contributed by atoms with E-state index >= 15 is 0 Å². The van der Waals surface area contributed by atoms with E-state index in [0.29, 0.717) is 31.6 Å². The van der Waals surface area contributed by atoms with Gasteiger partial charge < -0.3 is 9.84 Å². The van der Waals surface area contributed by atoms with Crippen molar-refractivity contribution in [2.24, 2.45) is 0 Å². The van der Waals surface area contributed by atoms with Gasteiger partial charge in [0.1, 0.15) is 11.6 Å². The van der Waals surface area contributed by atoms with E-state index in [9.17, 15) is 13.6 Å². The molecule has 1 aromatic carbocycles. The molecular weight excluding hydrogens is 242 g/mol. The van der Waals surface area contributed by atoms with Crippen molar-refractivity contribution in [3.8, 4) is 0 Å². The number of carboxylic acids is 1. The van der Waals surface area contributed by atoms with Crippen LogP contribution in [0, 0.1) is 11.6 Å². The van der Waals surface area contributed by atoms with Gasteiger partial charge in [0, 0.05) is 17.9 Å². The summed E-state index contributed by atoms with van der Waals surface area (Å²) < 4.78 is 31.7. The molecular formula is C13H14F2O3. The van der Waals surface area contributed by atoms with Crippen LogP contribution in [-0.2, 0) is 14.9 Å². The Morgan fingerprint density at radius 1 is 1.39 bits per heavy atom. The van der Waals surface area contributed by atoms with E-state index in [1.807, 2.05) is 0 Å². The zero-order valence-corrected chi connectivity index (χ0v) is 9.79. The van der Waals surface area contributed by atoms with Gasteiger partial charge in [-0.25, -0.2) is 8.78 Å². The van der Waals surface area contributed by atoms with Gasteiger partial charge >= 0.3 is 5.97 Å². The Kier molecular flexibility index (Phi) is 3.61. The third kappa shape index (κ3) is 2.51. The molecule has 5 heteroatoms. The van der Waals surface area contributed by atoms with Gasteiger partial charge in [0.15, 0.2) is 0 Å². The van der Waals surface area contributed by atoms with Gasteiger partial charge in [0.2, 0.25) is 0 Å². The Balaban J connectivity index is 2.13. The van der Waals surface area contributed by atoms with Crippen LogP contribution < -0.4 is 0 Å². The van der Waals surface area contributed by atoms with Crippen molar-refractivity contribution in [1.82, 2.24) is 0 Å². The average molecular weight is 256 g/mol. The van der Waals surface area contributed by atoms with Gasteiger partial charge in [-0.3, -0.25) is 4.79 Å². The Hall–Kier alpha value is -1.49. The fourth-order valence-corrected chi connectivity index (χ4v) is 2.28. The highest BCUT2D eigenvalue weighted by Gasteiger charge is 2.41. The van der Waals surface area contributed by atoms with Crippen LogP contribution in [0.5, 0.6) is 0 Å². The number of carboxylic acid groups (broad SMARTS) is 1. The first kappa shape index (κ1) is 13.0. The number of carbonyl (C=O) groups is 1. The molecule has 0 saturated carbocycles. The number of hydrogen-bond donors (Lipinski definition) is 1. The molecule has 0 aromatic heterocycles. The molecule has 1 aromatic rings. The van der Waals surface area contributed by atoms with Crippen LogP contribution in [0.2, 0.25) is 0 Å². The maximum absolute atomic E-state index is 13.7. The lowest BCUT2D eigenvalue weighted by Crippen LogP contribution is -2.47. The Bertz CT molecular complexity index is 456. The summed E-state index contributed by atoms with van der Waals surface area (Å²) in [5.74, 6) is -2.07. The molecule has 98 valence electrons. The minimum absolute atomic E-state index is 0.0462. The lowest BCUT2D eigenvalue weighted by Gasteiger charge is -2.42. The summed E-state index contributed by atoms with van der Waals surface area (Å²) in [5, 5.41) is 8.61. The zero-order chi connectivity index (χ0) is 13.2. The summed E-state index contributed by atoms with van der Waals surface area (Å²) in [7, 11) is 0. The summed E-state index contributed by atoms with van der Waals surface area (Å²) in [6.45, 7) is 0.713. The smallest absolute Gasteiger partial charge is 0.303 e. The number of ether oxygens (including phenoxy) is 1. The van der Waals surface area contributed by atoms with E-state index in [4.69, 9.17) is 9.84 Å². The van der Waals surface area contributed by atoms with Crippen molar-refractivity contribution in [2.75, 3.05) is 13.2 Å². The van der Waals surface area contributed by atoms with Crippen molar-refractivity contribution in [1.29, 1.82) is 0 Å². The molecule has 0 spiro atoms. The Morgan fingerprint density at radius 3 is 2.61 bits per heavy atom. The van der Waals surface area contributed by atoms with E-state index in [-0.39, 0.29) is 6.42 Å². The molecule has 2 rings (SSSR count). The maximum atomic E-state index is 13.7. The third-order valence-corrected chi connectivity index (χ3v) is 3.31. The molecule has 18 heavy (non-hydrogen) atoms. The first-order chi connectivity index (χ1) is 8.53. The number of aliphatic carboxylic acids is 1. The third-order valence-electron chi connectivity index (χ3n) is 3.31. The van der Waals surface area contributed by atoms with Crippen LogP contribution in [0.15, 0.2) is 18.2 Å². The van der Waals surface area contributed by atoms with E-state index in [1.54, 1.807) is 0 Å². The Morgan fingerprint density at radius 2 is 2.11 bits per heavy atom. The predicted molar refractivity (Wildman–Crippen MR) is 60.3 cm³/mol. The van der Waals surface area contributed by atoms with E-state index in [2.05, 4.69) is 0 Å². The molecule has 0 bridgehead atoms. The summed E-state index contributed by atoms with van der Waals surface area (Å²) in [5.41, 5.74) is -0.0757. The quantitative estimate of drug-likeness (QED) is 0.880. The molecule has 1 fully saturated rings. The fourth-order valence-electron chi connectivity index (χ4n) is 2.28. The predicted octanol–water partition coefficient (Wildman–Crippen LogP) is 2.49. The average Bonchev–Trinajstić information content (AvgIpc) is 2.23. The van der Waals surface area contributed by atoms with Crippen LogP contribution >= 0.6 is 0 Å². The second kappa shape index (κ2) is 5.02. The highest BCUT2D eigenvalue weighted by Crippen LogP contribution is 2.38. The second-order valence-electron chi connectivity index (χ2n) is 4.64. The number of halogens is 2. The fraction of sp³-hybridized carbons (Fsp3) is 0.462. The lowest BCUT2D eigenvalue weighted by molar-refractivity contribution is -0.137. The molecule has 1 saturated heterocycles. The highest BCUT2D eigenvalue weighted by atomic mass is 19.1. The van der Waals surface area contributed by atoms with E-state index in [0.717, 1.165) is 6.07 Å². The van der Waals surface area contributed by atoms with E-state index in [1.165, 1.54) is 12.1 Å². The Labute approximate surface area is 103 Å². The van der Waals surface area contributed by atoms with Crippen LogP contribution in [0.1, 0.15) is 24.8 Å². The molecule has 0 aliphatic carbocycles. The van der Waals surface area contributed by atoms with Gasteiger partial charge in [0.05, 0.1) is 13.2 Å².